The largest absolute Gasteiger partial charge is 0.445 e. The second kappa shape index (κ2) is 7.50. The molecule has 0 radical (unpaired) electrons. The predicted octanol–water partition coefficient (Wildman–Crippen LogP) is 2.83. The van der Waals surface area contributed by atoms with Gasteiger partial charge in [0.25, 0.3) is 0 Å². The highest BCUT2D eigenvalue weighted by Gasteiger charge is 2.32. The molecule has 2 N–H and O–H groups in total. The van der Waals surface area contributed by atoms with Gasteiger partial charge in [-0.05, 0) is 17.7 Å². The van der Waals surface area contributed by atoms with Crippen LogP contribution in [-0.4, -0.2) is 36.2 Å². The highest BCUT2D eigenvalue weighted by Crippen LogP contribution is 2.12. The lowest BCUT2D eigenvalue weighted by molar-refractivity contribution is 0.111. The second-order valence-electron chi connectivity index (χ2n) is 5.60. The first-order valence-electron chi connectivity index (χ1n) is 7.79. The molecule has 1 heterocycles. The maximum absolute atomic E-state index is 12.0. The van der Waals surface area contributed by atoms with Gasteiger partial charge in [0.15, 0.2) is 0 Å². The first-order chi connectivity index (χ1) is 11.7. The molecular weight excluding hydrogens is 306 g/mol. The van der Waals surface area contributed by atoms with E-state index >= 15 is 0 Å². The summed E-state index contributed by atoms with van der Waals surface area (Å²) in [5.74, 6) is 0. The van der Waals surface area contributed by atoms with E-state index in [0.29, 0.717) is 13.1 Å². The van der Waals surface area contributed by atoms with E-state index in [1.165, 1.54) is 0 Å². The Morgan fingerprint density at radius 2 is 1.62 bits per heavy atom. The zero-order valence-corrected chi connectivity index (χ0v) is 13.1. The molecule has 1 saturated heterocycles. The molecule has 0 aromatic heterocycles. The van der Waals surface area contributed by atoms with Crippen molar-refractivity contribution in [2.75, 3.05) is 18.4 Å². The molecule has 6 nitrogen and oxygen atoms in total. The zero-order valence-electron chi connectivity index (χ0n) is 13.1. The number of nitrogens with zero attached hydrogens (tertiary/aromatic N) is 1. The lowest BCUT2D eigenvalue weighted by Gasteiger charge is -2.39. The molecule has 0 spiro atoms. The van der Waals surface area contributed by atoms with E-state index in [4.69, 9.17) is 4.74 Å². The zero-order chi connectivity index (χ0) is 16.8. The maximum Gasteiger partial charge on any atom is 0.407 e. The molecule has 3 amide bonds. The summed E-state index contributed by atoms with van der Waals surface area (Å²) in [4.78, 5) is 25.4. The maximum atomic E-state index is 12.0. The molecule has 124 valence electrons. The Morgan fingerprint density at radius 3 is 2.29 bits per heavy atom. The molecule has 1 fully saturated rings. The molecule has 0 atom stereocenters. The number of likely N-dealkylation sites (tertiary alicyclic amines) is 1. The van der Waals surface area contributed by atoms with Crippen molar-refractivity contribution >= 4 is 17.8 Å². The van der Waals surface area contributed by atoms with Crippen LogP contribution in [-0.2, 0) is 11.3 Å². The summed E-state index contributed by atoms with van der Waals surface area (Å²) in [6.07, 6.45) is -0.466. The number of urea groups is 1. The summed E-state index contributed by atoms with van der Waals surface area (Å²) < 4.78 is 5.16. The van der Waals surface area contributed by atoms with E-state index in [1.807, 2.05) is 60.7 Å². The van der Waals surface area contributed by atoms with E-state index in [-0.39, 0.29) is 18.7 Å². The SMILES string of the molecule is O=C(NC1CN(C(=O)Nc2ccccc2)C1)OCc1ccccc1. The number of alkyl carbamates (subject to hydrolysis) is 1. The Balaban J connectivity index is 1.36. The fraction of sp³-hybridized carbons (Fsp3) is 0.222. The Kier molecular flexibility index (Phi) is 4.96. The van der Waals surface area contributed by atoms with Gasteiger partial charge in [-0.2, -0.15) is 0 Å². The molecule has 2 aromatic rings. The van der Waals surface area contributed by atoms with Gasteiger partial charge in [-0.25, -0.2) is 9.59 Å². The lowest BCUT2D eigenvalue weighted by Crippen LogP contribution is -2.61. The summed E-state index contributed by atoms with van der Waals surface area (Å²) in [5, 5.41) is 5.56. The van der Waals surface area contributed by atoms with Crippen molar-refractivity contribution in [1.82, 2.24) is 10.2 Å². The summed E-state index contributed by atoms with van der Waals surface area (Å²) in [6, 6.07) is 18.5. The minimum atomic E-state index is -0.466. The number of benzene rings is 2. The molecule has 1 aliphatic heterocycles. The summed E-state index contributed by atoms with van der Waals surface area (Å²) in [6.45, 7) is 1.18. The molecular formula is C18H19N3O3. The third-order valence-electron chi connectivity index (χ3n) is 3.73. The van der Waals surface area contributed by atoms with Crippen molar-refractivity contribution in [3.8, 4) is 0 Å². The average molecular weight is 325 g/mol. The van der Waals surface area contributed by atoms with Crippen LogP contribution in [0, 0.1) is 0 Å². The first kappa shape index (κ1) is 15.9. The molecule has 1 aliphatic rings. The molecule has 0 saturated carbocycles. The van der Waals surface area contributed by atoms with Crippen molar-refractivity contribution in [2.45, 2.75) is 12.6 Å². The fourth-order valence-electron chi connectivity index (χ4n) is 2.39. The van der Waals surface area contributed by atoms with Crippen LogP contribution >= 0.6 is 0 Å². The van der Waals surface area contributed by atoms with Crippen LogP contribution in [0.15, 0.2) is 60.7 Å². The Labute approximate surface area is 140 Å². The summed E-state index contributed by atoms with van der Waals surface area (Å²) in [5.41, 5.74) is 1.69. The Morgan fingerprint density at radius 1 is 1.00 bits per heavy atom. The number of ether oxygens (including phenoxy) is 1. The second-order valence-corrected chi connectivity index (χ2v) is 5.60. The number of hydrogen-bond donors (Lipinski definition) is 2. The van der Waals surface area contributed by atoms with Gasteiger partial charge in [-0.15, -0.1) is 0 Å². The molecule has 0 aliphatic carbocycles. The number of anilines is 1. The third-order valence-corrected chi connectivity index (χ3v) is 3.73. The van der Waals surface area contributed by atoms with Crippen LogP contribution in [0.25, 0.3) is 0 Å². The monoisotopic (exact) mass is 325 g/mol. The third kappa shape index (κ3) is 4.25. The van der Waals surface area contributed by atoms with Crippen LogP contribution in [0.2, 0.25) is 0 Å². The smallest absolute Gasteiger partial charge is 0.407 e. The highest BCUT2D eigenvalue weighted by atomic mass is 16.5. The Hall–Kier alpha value is -3.02. The molecule has 6 heteroatoms. The van der Waals surface area contributed by atoms with Crippen LogP contribution in [0.1, 0.15) is 5.56 Å². The number of hydrogen-bond acceptors (Lipinski definition) is 3. The number of nitrogens with one attached hydrogen (secondary N) is 2. The van der Waals surface area contributed by atoms with Gasteiger partial charge >= 0.3 is 12.1 Å². The average Bonchev–Trinajstić information content (AvgIpc) is 2.57. The standard InChI is InChI=1S/C18H19N3O3/c22-17(19-15-9-5-2-6-10-15)21-11-16(12-21)20-18(23)24-13-14-7-3-1-4-8-14/h1-10,16H,11-13H2,(H,19,22)(H,20,23). The van der Waals surface area contributed by atoms with Crippen LogP contribution < -0.4 is 10.6 Å². The van der Waals surface area contributed by atoms with Gasteiger partial charge in [0.1, 0.15) is 6.61 Å². The van der Waals surface area contributed by atoms with Crippen LogP contribution in [0.4, 0.5) is 15.3 Å². The van der Waals surface area contributed by atoms with Gasteiger partial charge in [-0.3, -0.25) is 0 Å². The van der Waals surface area contributed by atoms with Crippen molar-refractivity contribution < 1.29 is 14.3 Å². The number of para-hydroxylation sites is 1. The predicted molar refractivity (Wildman–Crippen MR) is 90.6 cm³/mol. The van der Waals surface area contributed by atoms with Gasteiger partial charge in [-0.1, -0.05) is 48.5 Å². The van der Waals surface area contributed by atoms with Crippen LogP contribution in [0.5, 0.6) is 0 Å². The summed E-state index contributed by atoms with van der Waals surface area (Å²) >= 11 is 0. The fourth-order valence-corrected chi connectivity index (χ4v) is 2.39. The number of amides is 3. The minimum Gasteiger partial charge on any atom is -0.445 e. The lowest BCUT2D eigenvalue weighted by atomic mass is 10.1. The van der Waals surface area contributed by atoms with E-state index in [2.05, 4.69) is 10.6 Å². The van der Waals surface area contributed by atoms with Gasteiger partial charge in [0.2, 0.25) is 0 Å². The van der Waals surface area contributed by atoms with Crippen molar-refractivity contribution in [3.63, 3.8) is 0 Å². The van der Waals surface area contributed by atoms with E-state index in [9.17, 15) is 9.59 Å². The number of carbonyl (C=O) groups excluding carboxylic acids is 2. The van der Waals surface area contributed by atoms with Gasteiger partial charge < -0.3 is 20.3 Å². The summed E-state index contributed by atoms with van der Waals surface area (Å²) in [7, 11) is 0. The normalized spacial score (nSPS) is 13.8. The number of carbonyl (C=O) groups is 2. The topological polar surface area (TPSA) is 70.7 Å². The van der Waals surface area contributed by atoms with Gasteiger partial charge in [0.05, 0.1) is 6.04 Å². The van der Waals surface area contributed by atoms with Gasteiger partial charge in [0, 0.05) is 18.8 Å². The molecule has 2 aromatic carbocycles. The van der Waals surface area contributed by atoms with E-state index < -0.39 is 6.09 Å². The highest BCUT2D eigenvalue weighted by molar-refractivity contribution is 5.90. The van der Waals surface area contributed by atoms with E-state index in [1.54, 1.807) is 4.90 Å². The van der Waals surface area contributed by atoms with Crippen molar-refractivity contribution in [3.05, 3.63) is 66.2 Å². The molecule has 24 heavy (non-hydrogen) atoms. The van der Waals surface area contributed by atoms with Crippen molar-refractivity contribution in [1.29, 1.82) is 0 Å². The van der Waals surface area contributed by atoms with E-state index in [0.717, 1.165) is 11.3 Å². The quantitative estimate of drug-likeness (QED) is 0.908. The molecule has 3 rings (SSSR count). The van der Waals surface area contributed by atoms with Crippen LogP contribution in [0.3, 0.4) is 0 Å². The number of rotatable bonds is 4. The minimum absolute atomic E-state index is 0.0743. The Bertz CT molecular complexity index is 685. The van der Waals surface area contributed by atoms with Crippen molar-refractivity contribution in [2.24, 2.45) is 0 Å². The first-order valence-corrected chi connectivity index (χ1v) is 7.79. The molecule has 0 unspecified atom stereocenters. The molecule has 0 bridgehead atoms.